The maximum Gasteiger partial charge on any atom is 0.212 e. The molecule has 0 aliphatic rings. The summed E-state index contributed by atoms with van der Waals surface area (Å²) in [6.45, 7) is 2.15. The van der Waals surface area contributed by atoms with Crippen LogP contribution in [0.5, 0.6) is 0 Å². The Morgan fingerprint density at radius 2 is 2.17 bits per heavy atom. The molecule has 2 heterocycles. The quantitative estimate of drug-likeness (QED) is 0.722. The summed E-state index contributed by atoms with van der Waals surface area (Å²) in [5, 5.41) is 6.36. The Morgan fingerprint density at radius 1 is 1.33 bits per heavy atom. The molecule has 0 bridgehead atoms. The van der Waals surface area contributed by atoms with E-state index in [1.165, 1.54) is 0 Å². The van der Waals surface area contributed by atoms with Gasteiger partial charge in [0, 0.05) is 12.0 Å². The van der Waals surface area contributed by atoms with E-state index in [9.17, 15) is 0 Å². The third-order valence-electron chi connectivity index (χ3n) is 2.70. The minimum Gasteiger partial charge on any atom is -0.217 e. The Hall–Kier alpha value is -1.39. The molecule has 2 aromatic heterocycles. The second-order valence-corrected chi connectivity index (χ2v) is 5.53. The number of halogens is 1. The highest BCUT2D eigenvalue weighted by Gasteiger charge is 2.11. The summed E-state index contributed by atoms with van der Waals surface area (Å²) in [6.07, 6.45) is 4.05. The average molecular weight is 278 g/mol. The third-order valence-corrected chi connectivity index (χ3v) is 4.01. The highest BCUT2D eigenvalue weighted by molar-refractivity contribution is 7.16. The summed E-state index contributed by atoms with van der Waals surface area (Å²) in [5.41, 5.74) is 1.83. The van der Waals surface area contributed by atoms with Gasteiger partial charge in [0.25, 0.3) is 0 Å². The van der Waals surface area contributed by atoms with Crippen LogP contribution < -0.4 is 0 Å². The Labute approximate surface area is 114 Å². The molecule has 0 aliphatic heterocycles. The van der Waals surface area contributed by atoms with Crippen molar-refractivity contribution in [2.24, 2.45) is 0 Å². The zero-order valence-electron chi connectivity index (χ0n) is 9.93. The van der Waals surface area contributed by atoms with Gasteiger partial charge in [-0.2, -0.15) is 5.10 Å². The minimum absolute atomic E-state index is 0.719. The fraction of sp³-hybridized carbons (Fsp3) is 0.231. The zero-order valence-corrected chi connectivity index (χ0v) is 11.5. The first-order chi connectivity index (χ1) is 8.78. The van der Waals surface area contributed by atoms with Gasteiger partial charge < -0.3 is 0 Å². The molecule has 0 atom stereocenters. The molecule has 0 saturated heterocycles. The van der Waals surface area contributed by atoms with Crippen molar-refractivity contribution in [2.45, 2.75) is 19.8 Å². The first kappa shape index (κ1) is 11.7. The number of fused-ring (bicyclic) bond motifs is 1. The second-order valence-electron chi connectivity index (χ2n) is 4.08. The number of nitrogens with zero attached hydrogens (tertiary/aromatic N) is 3. The topological polar surface area (TPSA) is 30.2 Å². The number of rotatable bonds is 3. The zero-order chi connectivity index (χ0) is 12.5. The van der Waals surface area contributed by atoms with E-state index in [0.717, 1.165) is 39.1 Å². The van der Waals surface area contributed by atoms with Crippen molar-refractivity contribution in [3.63, 3.8) is 0 Å². The highest BCUT2D eigenvalue weighted by atomic mass is 35.5. The molecule has 0 amide bonds. The van der Waals surface area contributed by atoms with Crippen molar-refractivity contribution < 1.29 is 0 Å². The van der Waals surface area contributed by atoms with Crippen LogP contribution in [0.4, 0.5) is 0 Å². The molecule has 1 aromatic carbocycles. The fourth-order valence-corrected chi connectivity index (χ4v) is 3.06. The van der Waals surface area contributed by atoms with Gasteiger partial charge in [0.05, 0.1) is 16.9 Å². The Kier molecular flexibility index (Phi) is 3.06. The summed E-state index contributed by atoms with van der Waals surface area (Å²) < 4.78 is 1.84. The van der Waals surface area contributed by atoms with Crippen LogP contribution in [0.1, 0.15) is 18.4 Å². The lowest BCUT2D eigenvalue weighted by Crippen LogP contribution is -1.85. The van der Waals surface area contributed by atoms with E-state index in [4.69, 9.17) is 11.6 Å². The predicted molar refractivity (Wildman–Crippen MR) is 75.3 cm³/mol. The maximum absolute atomic E-state index is 6.17. The van der Waals surface area contributed by atoms with Crippen molar-refractivity contribution in [1.29, 1.82) is 0 Å². The molecular weight excluding hydrogens is 266 g/mol. The van der Waals surface area contributed by atoms with E-state index >= 15 is 0 Å². The van der Waals surface area contributed by atoms with Gasteiger partial charge in [-0.25, -0.2) is 9.50 Å². The van der Waals surface area contributed by atoms with Crippen LogP contribution in [-0.4, -0.2) is 14.6 Å². The van der Waals surface area contributed by atoms with Crippen LogP contribution in [0.3, 0.4) is 0 Å². The van der Waals surface area contributed by atoms with E-state index in [1.807, 2.05) is 35.0 Å². The van der Waals surface area contributed by atoms with Crippen molar-refractivity contribution in [1.82, 2.24) is 14.6 Å². The summed E-state index contributed by atoms with van der Waals surface area (Å²) in [4.78, 5) is 5.51. The lowest BCUT2D eigenvalue weighted by Gasteiger charge is -1.98. The van der Waals surface area contributed by atoms with Crippen molar-refractivity contribution in [3.8, 4) is 11.3 Å². The molecule has 3 rings (SSSR count). The smallest absolute Gasteiger partial charge is 0.212 e. The highest BCUT2D eigenvalue weighted by Crippen LogP contribution is 2.28. The number of hydrogen-bond donors (Lipinski definition) is 0. The van der Waals surface area contributed by atoms with E-state index < -0.39 is 0 Å². The Bertz CT molecular complexity index is 655. The van der Waals surface area contributed by atoms with Crippen LogP contribution in [0, 0.1) is 0 Å². The van der Waals surface area contributed by atoms with Gasteiger partial charge in [0.1, 0.15) is 5.01 Å². The average Bonchev–Trinajstić information content (AvgIpc) is 2.88. The first-order valence-corrected chi connectivity index (χ1v) is 7.07. The number of benzene rings is 1. The molecule has 3 nitrogen and oxygen atoms in total. The van der Waals surface area contributed by atoms with Gasteiger partial charge in [-0.3, -0.25) is 0 Å². The van der Waals surface area contributed by atoms with Crippen molar-refractivity contribution in [2.75, 3.05) is 0 Å². The summed E-state index contributed by atoms with van der Waals surface area (Å²) >= 11 is 7.81. The van der Waals surface area contributed by atoms with Gasteiger partial charge in [0.15, 0.2) is 0 Å². The van der Waals surface area contributed by atoms with Gasteiger partial charge in [0.2, 0.25) is 4.96 Å². The Morgan fingerprint density at radius 3 is 2.89 bits per heavy atom. The number of imidazole rings is 1. The summed E-state index contributed by atoms with van der Waals surface area (Å²) in [6, 6.07) is 7.73. The van der Waals surface area contributed by atoms with Gasteiger partial charge in [-0.15, -0.1) is 0 Å². The monoisotopic (exact) mass is 277 g/mol. The number of aryl methyl sites for hydroxylation is 1. The van der Waals surface area contributed by atoms with Crippen LogP contribution in [0.15, 0.2) is 30.5 Å². The molecule has 0 spiro atoms. The van der Waals surface area contributed by atoms with Crippen LogP contribution in [0.25, 0.3) is 16.2 Å². The molecule has 0 unspecified atom stereocenters. The lowest BCUT2D eigenvalue weighted by molar-refractivity contribution is 0.849. The van der Waals surface area contributed by atoms with Gasteiger partial charge in [-0.1, -0.05) is 48.1 Å². The molecule has 18 heavy (non-hydrogen) atoms. The molecule has 0 N–H and O–H groups in total. The predicted octanol–water partition coefficient (Wildman–Crippen LogP) is 4.06. The fourth-order valence-electron chi connectivity index (χ4n) is 1.85. The van der Waals surface area contributed by atoms with Gasteiger partial charge >= 0.3 is 0 Å². The molecule has 3 aromatic rings. The molecular formula is C13H12ClN3S. The van der Waals surface area contributed by atoms with Crippen LogP contribution in [-0.2, 0) is 6.42 Å². The molecule has 0 fully saturated rings. The van der Waals surface area contributed by atoms with Crippen molar-refractivity contribution in [3.05, 3.63) is 40.5 Å². The van der Waals surface area contributed by atoms with Crippen LogP contribution >= 0.6 is 22.9 Å². The SMILES string of the molecule is CCCc1nn2cc(-c3ccccc3Cl)nc2s1. The van der Waals surface area contributed by atoms with E-state index in [1.54, 1.807) is 11.3 Å². The molecule has 0 radical (unpaired) electrons. The number of aromatic nitrogens is 3. The number of hydrogen-bond acceptors (Lipinski definition) is 3. The van der Waals surface area contributed by atoms with Crippen molar-refractivity contribution >= 4 is 27.9 Å². The van der Waals surface area contributed by atoms with E-state index in [2.05, 4.69) is 17.0 Å². The summed E-state index contributed by atoms with van der Waals surface area (Å²) in [7, 11) is 0. The minimum atomic E-state index is 0.719. The van der Waals surface area contributed by atoms with Crippen LogP contribution in [0.2, 0.25) is 5.02 Å². The standard InChI is InChI=1S/C13H12ClN3S/c1-2-5-12-16-17-8-11(15-13(17)18-12)9-6-3-4-7-10(9)14/h3-4,6-8H,2,5H2,1H3. The van der Waals surface area contributed by atoms with E-state index in [-0.39, 0.29) is 0 Å². The molecule has 0 aliphatic carbocycles. The third kappa shape index (κ3) is 2.02. The second kappa shape index (κ2) is 4.71. The molecule has 0 saturated carbocycles. The lowest BCUT2D eigenvalue weighted by atomic mass is 10.2. The summed E-state index contributed by atoms with van der Waals surface area (Å²) in [5.74, 6) is 0. The van der Waals surface area contributed by atoms with E-state index in [0.29, 0.717) is 0 Å². The normalized spacial score (nSPS) is 11.2. The molecule has 5 heteroatoms. The maximum atomic E-state index is 6.17. The molecule has 92 valence electrons. The Balaban J connectivity index is 2.04. The first-order valence-electron chi connectivity index (χ1n) is 5.88. The van der Waals surface area contributed by atoms with Gasteiger partial charge in [-0.05, 0) is 12.5 Å². The largest absolute Gasteiger partial charge is 0.217 e.